The Bertz CT molecular complexity index is 783. The Kier molecular flexibility index (Phi) is 7.52. The average molecular weight is 405 g/mol. The molecule has 0 spiro atoms. The van der Waals surface area contributed by atoms with Crippen molar-refractivity contribution in [1.29, 1.82) is 0 Å². The molecule has 2 aromatic rings. The molecule has 2 aliphatic rings. The summed E-state index contributed by atoms with van der Waals surface area (Å²) in [6, 6.07) is 15.8. The zero-order chi connectivity index (χ0) is 20.8. The molecule has 1 nitrogen and oxygen atoms in total. The van der Waals surface area contributed by atoms with E-state index in [9.17, 15) is 0 Å². The molecule has 162 valence electrons. The number of rotatable bonds is 8. The molecule has 0 bridgehead atoms. The average Bonchev–Trinajstić information content (AvgIpc) is 2.80. The summed E-state index contributed by atoms with van der Waals surface area (Å²) in [6.45, 7) is 5.07. The molecule has 1 fully saturated rings. The fraction of sp³-hybridized carbons (Fsp3) is 0.586. The lowest BCUT2D eigenvalue weighted by Gasteiger charge is -2.36. The van der Waals surface area contributed by atoms with Gasteiger partial charge in [0.1, 0.15) is 5.75 Å². The minimum absolute atomic E-state index is 0.722. The van der Waals surface area contributed by atoms with Crippen molar-refractivity contribution in [3.05, 3.63) is 53.6 Å². The van der Waals surface area contributed by atoms with Gasteiger partial charge >= 0.3 is 0 Å². The number of benzene rings is 2. The van der Waals surface area contributed by atoms with Gasteiger partial charge in [-0.1, -0.05) is 75.8 Å². The minimum Gasteiger partial charge on any atom is -0.494 e. The molecule has 2 aromatic carbocycles. The van der Waals surface area contributed by atoms with Gasteiger partial charge in [0, 0.05) is 0 Å². The summed E-state index contributed by atoms with van der Waals surface area (Å²) in [7, 11) is 0. The zero-order valence-corrected chi connectivity index (χ0v) is 19.2. The Balaban J connectivity index is 1.34. The van der Waals surface area contributed by atoms with Crippen molar-refractivity contribution >= 4 is 0 Å². The van der Waals surface area contributed by atoms with E-state index in [1.165, 1.54) is 81.8 Å². The van der Waals surface area contributed by atoms with Crippen LogP contribution in [0.3, 0.4) is 0 Å². The van der Waals surface area contributed by atoms with Crippen molar-refractivity contribution in [1.82, 2.24) is 0 Å². The molecular weight excluding hydrogens is 364 g/mol. The summed E-state index contributed by atoms with van der Waals surface area (Å²) >= 11 is 0. The number of hydrogen-bond acceptors (Lipinski definition) is 1. The molecule has 1 atom stereocenters. The Hall–Kier alpha value is -1.76. The maximum Gasteiger partial charge on any atom is 0.119 e. The van der Waals surface area contributed by atoms with Crippen molar-refractivity contribution in [2.45, 2.75) is 84.5 Å². The van der Waals surface area contributed by atoms with E-state index >= 15 is 0 Å². The first kappa shape index (κ1) is 21.5. The van der Waals surface area contributed by atoms with Gasteiger partial charge in [0.15, 0.2) is 0 Å². The lowest BCUT2D eigenvalue weighted by molar-refractivity contribution is 0.183. The number of ether oxygens (including phenoxy) is 1. The van der Waals surface area contributed by atoms with Gasteiger partial charge in [-0.3, -0.25) is 0 Å². The molecule has 0 aliphatic heterocycles. The summed E-state index contributed by atoms with van der Waals surface area (Å²) < 4.78 is 5.59. The normalized spacial score (nSPS) is 23.7. The van der Waals surface area contributed by atoms with Crippen molar-refractivity contribution in [2.75, 3.05) is 6.61 Å². The second-order valence-electron chi connectivity index (χ2n) is 9.72. The van der Waals surface area contributed by atoms with Crippen LogP contribution in [0.25, 0.3) is 11.1 Å². The molecule has 30 heavy (non-hydrogen) atoms. The molecule has 1 unspecified atom stereocenters. The Morgan fingerprint density at radius 1 is 0.767 bits per heavy atom. The highest BCUT2D eigenvalue weighted by Gasteiger charge is 2.30. The maximum absolute atomic E-state index is 5.59. The number of hydrogen-bond donors (Lipinski definition) is 0. The van der Waals surface area contributed by atoms with Gasteiger partial charge in [0.25, 0.3) is 0 Å². The van der Waals surface area contributed by atoms with Crippen LogP contribution in [0.4, 0.5) is 0 Å². The quantitative estimate of drug-likeness (QED) is 0.402. The van der Waals surface area contributed by atoms with Crippen LogP contribution in [0, 0.1) is 17.8 Å². The standard InChI is InChI=1S/C29H40O/c1-3-5-6-7-22-8-10-23(11-9-22)25-12-14-28-21-26(13-15-27(28)20-25)24-16-18-29(19-17-24)30-4-2/h13,15-19,21-23,25H,3-12,14,20H2,1-2H3. The summed E-state index contributed by atoms with van der Waals surface area (Å²) in [5, 5.41) is 0. The molecule has 0 amide bonds. The van der Waals surface area contributed by atoms with Crippen molar-refractivity contribution in [3.63, 3.8) is 0 Å². The summed E-state index contributed by atoms with van der Waals surface area (Å²) in [4.78, 5) is 0. The number of unbranched alkanes of at least 4 members (excludes halogenated alkanes) is 2. The molecule has 0 heterocycles. The molecule has 2 aliphatic carbocycles. The largest absolute Gasteiger partial charge is 0.494 e. The van der Waals surface area contributed by atoms with Crippen LogP contribution in [-0.4, -0.2) is 6.61 Å². The minimum atomic E-state index is 0.722. The van der Waals surface area contributed by atoms with Crippen LogP contribution < -0.4 is 4.74 Å². The first-order chi connectivity index (χ1) is 14.8. The molecule has 1 heteroatoms. The van der Waals surface area contributed by atoms with E-state index < -0.39 is 0 Å². The molecule has 0 aromatic heterocycles. The maximum atomic E-state index is 5.59. The third-order valence-electron chi connectivity index (χ3n) is 7.75. The molecule has 1 saturated carbocycles. The first-order valence-corrected chi connectivity index (χ1v) is 12.6. The van der Waals surface area contributed by atoms with Crippen molar-refractivity contribution < 1.29 is 4.74 Å². The highest BCUT2D eigenvalue weighted by atomic mass is 16.5. The SMILES string of the molecule is CCCCCC1CCC(C2CCc3cc(-c4ccc(OCC)cc4)ccc3C2)CC1. The smallest absolute Gasteiger partial charge is 0.119 e. The second kappa shape index (κ2) is 10.5. The lowest BCUT2D eigenvalue weighted by atomic mass is 9.69. The van der Waals surface area contributed by atoms with E-state index in [-0.39, 0.29) is 0 Å². The molecular formula is C29H40O. The van der Waals surface area contributed by atoms with Crippen LogP contribution >= 0.6 is 0 Å². The molecule has 0 saturated heterocycles. The molecule has 0 N–H and O–H groups in total. The van der Waals surface area contributed by atoms with E-state index in [0.29, 0.717) is 0 Å². The Morgan fingerprint density at radius 3 is 2.27 bits per heavy atom. The van der Waals surface area contributed by atoms with E-state index in [4.69, 9.17) is 4.74 Å². The van der Waals surface area contributed by atoms with Crippen LogP contribution in [-0.2, 0) is 12.8 Å². The summed E-state index contributed by atoms with van der Waals surface area (Å²) in [5.74, 6) is 3.89. The predicted molar refractivity (Wildman–Crippen MR) is 128 cm³/mol. The van der Waals surface area contributed by atoms with Crippen molar-refractivity contribution in [3.8, 4) is 16.9 Å². The van der Waals surface area contributed by atoms with E-state index in [1.807, 2.05) is 6.92 Å². The van der Waals surface area contributed by atoms with Gasteiger partial charge in [0.05, 0.1) is 6.61 Å². The third kappa shape index (κ3) is 5.29. The van der Waals surface area contributed by atoms with Crippen LogP contribution in [0.1, 0.15) is 82.8 Å². The summed E-state index contributed by atoms with van der Waals surface area (Å²) in [6.07, 6.45) is 15.7. The second-order valence-corrected chi connectivity index (χ2v) is 9.72. The van der Waals surface area contributed by atoms with Gasteiger partial charge in [-0.25, -0.2) is 0 Å². The van der Waals surface area contributed by atoms with E-state index in [1.54, 1.807) is 11.1 Å². The Morgan fingerprint density at radius 2 is 1.53 bits per heavy atom. The van der Waals surface area contributed by atoms with Crippen LogP contribution in [0.2, 0.25) is 0 Å². The van der Waals surface area contributed by atoms with Gasteiger partial charge < -0.3 is 4.74 Å². The van der Waals surface area contributed by atoms with Crippen LogP contribution in [0.15, 0.2) is 42.5 Å². The van der Waals surface area contributed by atoms with E-state index in [2.05, 4.69) is 49.4 Å². The third-order valence-corrected chi connectivity index (χ3v) is 7.75. The van der Waals surface area contributed by atoms with Crippen molar-refractivity contribution in [2.24, 2.45) is 17.8 Å². The van der Waals surface area contributed by atoms with Crippen LogP contribution in [0.5, 0.6) is 5.75 Å². The number of fused-ring (bicyclic) bond motifs is 1. The topological polar surface area (TPSA) is 9.23 Å². The van der Waals surface area contributed by atoms with Gasteiger partial charge in [-0.2, -0.15) is 0 Å². The van der Waals surface area contributed by atoms with E-state index in [0.717, 1.165) is 30.1 Å². The predicted octanol–water partition coefficient (Wildman–Crippen LogP) is 8.24. The first-order valence-electron chi connectivity index (χ1n) is 12.6. The highest BCUT2D eigenvalue weighted by molar-refractivity contribution is 5.66. The van der Waals surface area contributed by atoms with Gasteiger partial charge in [-0.05, 0) is 91.2 Å². The molecule has 4 rings (SSSR count). The highest BCUT2D eigenvalue weighted by Crippen LogP contribution is 2.41. The van der Waals surface area contributed by atoms with Gasteiger partial charge in [0.2, 0.25) is 0 Å². The monoisotopic (exact) mass is 404 g/mol. The Labute approximate surface area is 184 Å². The lowest BCUT2D eigenvalue weighted by Crippen LogP contribution is -2.26. The zero-order valence-electron chi connectivity index (χ0n) is 19.2. The fourth-order valence-corrected chi connectivity index (χ4v) is 5.91. The summed E-state index contributed by atoms with van der Waals surface area (Å²) in [5.41, 5.74) is 5.85. The number of aryl methyl sites for hydroxylation is 1. The fourth-order valence-electron chi connectivity index (χ4n) is 5.91. The molecule has 0 radical (unpaired) electrons. The van der Waals surface area contributed by atoms with Gasteiger partial charge in [-0.15, -0.1) is 0 Å².